The van der Waals surface area contributed by atoms with Crippen LogP contribution in [0.5, 0.6) is 0 Å². The third-order valence-corrected chi connectivity index (χ3v) is 6.25. The number of hydrogen-bond donors (Lipinski definition) is 2. The topological polar surface area (TPSA) is 68.4 Å². The molecular formula is C28H35F3N4O2. The van der Waals surface area contributed by atoms with E-state index in [0.717, 1.165) is 41.4 Å². The molecular weight excluding hydrogens is 481 g/mol. The Morgan fingerprint density at radius 1 is 0.946 bits per heavy atom. The predicted octanol–water partition coefficient (Wildman–Crippen LogP) is 5.98. The van der Waals surface area contributed by atoms with Crippen molar-refractivity contribution in [3.63, 3.8) is 0 Å². The van der Waals surface area contributed by atoms with Crippen LogP contribution in [-0.4, -0.2) is 52.9 Å². The molecule has 2 N–H and O–H groups in total. The maximum Gasteiger partial charge on any atom is 0.416 e. The maximum atomic E-state index is 13.4. The Morgan fingerprint density at radius 3 is 2.35 bits per heavy atom. The van der Waals surface area contributed by atoms with E-state index in [9.17, 15) is 22.8 Å². The van der Waals surface area contributed by atoms with E-state index in [4.69, 9.17) is 0 Å². The molecule has 0 atom stereocenters. The van der Waals surface area contributed by atoms with E-state index in [0.29, 0.717) is 38.0 Å². The van der Waals surface area contributed by atoms with Crippen LogP contribution in [0.25, 0.3) is 10.9 Å². The largest absolute Gasteiger partial charge is 0.416 e. The van der Waals surface area contributed by atoms with Gasteiger partial charge in [0.2, 0.25) is 5.91 Å². The van der Waals surface area contributed by atoms with E-state index in [1.54, 1.807) is 4.90 Å². The number of para-hydroxylation sites is 1. The first kappa shape index (κ1) is 28.1. The molecule has 0 bridgehead atoms. The highest BCUT2D eigenvalue weighted by molar-refractivity contribution is 5.85. The van der Waals surface area contributed by atoms with Crippen molar-refractivity contribution in [1.82, 2.24) is 20.1 Å². The molecule has 0 aliphatic rings. The van der Waals surface area contributed by atoms with Gasteiger partial charge in [0.25, 0.3) is 0 Å². The lowest BCUT2D eigenvalue weighted by molar-refractivity contribution is -0.137. The van der Waals surface area contributed by atoms with Crippen molar-refractivity contribution in [3.8, 4) is 0 Å². The number of alkyl halides is 3. The summed E-state index contributed by atoms with van der Waals surface area (Å²) in [5.41, 5.74) is 1.90. The highest BCUT2D eigenvalue weighted by Crippen LogP contribution is 2.29. The molecule has 0 aliphatic heterocycles. The molecule has 37 heavy (non-hydrogen) atoms. The molecule has 6 nitrogen and oxygen atoms in total. The Hall–Kier alpha value is -3.49. The summed E-state index contributed by atoms with van der Waals surface area (Å²) in [6.07, 6.45) is 0.548. The van der Waals surface area contributed by atoms with Crippen LogP contribution in [0.4, 0.5) is 18.0 Å². The normalized spacial score (nSPS) is 11.5. The minimum atomic E-state index is -4.42. The van der Waals surface area contributed by atoms with Gasteiger partial charge in [-0.2, -0.15) is 13.2 Å². The number of nitrogens with one attached hydrogen (secondary N) is 2. The Kier molecular flexibility index (Phi) is 10.00. The molecule has 0 aliphatic carbocycles. The van der Waals surface area contributed by atoms with Crippen LogP contribution in [0.15, 0.2) is 54.7 Å². The van der Waals surface area contributed by atoms with Gasteiger partial charge in [-0.3, -0.25) is 4.79 Å². The lowest BCUT2D eigenvalue weighted by Gasteiger charge is -2.28. The van der Waals surface area contributed by atoms with Crippen molar-refractivity contribution < 1.29 is 22.8 Å². The van der Waals surface area contributed by atoms with Gasteiger partial charge in [0, 0.05) is 43.3 Å². The van der Waals surface area contributed by atoms with E-state index < -0.39 is 11.7 Å². The van der Waals surface area contributed by atoms with Crippen LogP contribution in [0.1, 0.15) is 49.8 Å². The Balaban J connectivity index is 1.77. The number of hydrogen-bond acceptors (Lipinski definition) is 2. The number of aromatic amines is 1. The molecule has 3 amide bonds. The molecule has 2 aromatic carbocycles. The van der Waals surface area contributed by atoms with Gasteiger partial charge in [-0.15, -0.1) is 0 Å². The van der Waals surface area contributed by atoms with Crippen LogP contribution in [0.3, 0.4) is 0 Å². The summed E-state index contributed by atoms with van der Waals surface area (Å²) < 4.78 is 39.0. The molecule has 1 aromatic heterocycles. The first-order chi connectivity index (χ1) is 17.7. The molecule has 200 valence electrons. The van der Waals surface area contributed by atoms with Crippen LogP contribution >= 0.6 is 0 Å². The Bertz CT molecular complexity index is 1160. The van der Waals surface area contributed by atoms with Crippen LogP contribution in [0.2, 0.25) is 0 Å². The van der Waals surface area contributed by atoms with Crippen molar-refractivity contribution in [2.24, 2.45) is 0 Å². The smallest absolute Gasteiger partial charge is 0.361 e. The number of fused-ring (bicyclic) bond motifs is 1. The Morgan fingerprint density at radius 2 is 1.68 bits per heavy atom. The number of carbonyl (C=O) groups excluding carboxylic acids is 2. The number of halogens is 3. The number of rotatable bonds is 12. The quantitative estimate of drug-likeness (QED) is 0.291. The number of amides is 3. The fourth-order valence-electron chi connectivity index (χ4n) is 4.17. The Labute approximate surface area is 215 Å². The first-order valence-corrected chi connectivity index (χ1v) is 12.7. The predicted molar refractivity (Wildman–Crippen MR) is 139 cm³/mol. The SMILES string of the molecule is CCCCNC(=O)N(CCC)CC(=O)N(CCc1c[nH]c2ccccc12)Cc1ccc(C(F)(F)F)cc1. The summed E-state index contributed by atoms with van der Waals surface area (Å²) in [6.45, 7) is 5.36. The van der Waals surface area contributed by atoms with Crippen LogP contribution in [-0.2, 0) is 23.9 Å². The molecule has 1 heterocycles. The molecule has 0 fully saturated rings. The zero-order chi connectivity index (χ0) is 26.8. The number of H-pyrrole nitrogens is 1. The minimum Gasteiger partial charge on any atom is -0.361 e. The number of unbranched alkanes of at least 4 members (excludes halogenated alkanes) is 1. The van der Waals surface area contributed by atoms with Gasteiger partial charge < -0.3 is 20.1 Å². The van der Waals surface area contributed by atoms with Crippen molar-refractivity contribution in [1.29, 1.82) is 0 Å². The van der Waals surface area contributed by atoms with Gasteiger partial charge in [0.1, 0.15) is 6.54 Å². The minimum absolute atomic E-state index is 0.0969. The fraction of sp³-hybridized carbons (Fsp3) is 0.429. The van der Waals surface area contributed by atoms with Crippen molar-refractivity contribution in [3.05, 3.63) is 71.4 Å². The van der Waals surface area contributed by atoms with Crippen molar-refractivity contribution in [2.75, 3.05) is 26.2 Å². The van der Waals surface area contributed by atoms with Crippen LogP contribution < -0.4 is 5.32 Å². The highest BCUT2D eigenvalue weighted by Gasteiger charge is 2.30. The second kappa shape index (κ2) is 13.2. The zero-order valence-electron chi connectivity index (χ0n) is 21.4. The molecule has 0 saturated carbocycles. The number of nitrogens with zero attached hydrogens (tertiary/aromatic N) is 2. The fourth-order valence-corrected chi connectivity index (χ4v) is 4.17. The van der Waals surface area contributed by atoms with Gasteiger partial charge in [0.15, 0.2) is 0 Å². The van der Waals surface area contributed by atoms with E-state index in [1.165, 1.54) is 17.0 Å². The van der Waals surface area contributed by atoms with Crippen molar-refractivity contribution in [2.45, 2.75) is 52.3 Å². The van der Waals surface area contributed by atoms with Gasteiger partial charge in [0.05, 0.1) is 5.56 Å². The average molecular weight is 517 g/mol. The van der Waals surface area contributed by atoms with Crippen LogP contribution in [0, 0.1) is 0 Å². The second-order valence-electron chi connectivity index (χ2n) is 9.13. The third-order valence-electron chi connectivity index (χ3n) is 6.25. The second-order valence-corrected chi connectivity index (χ2v) is 9.13. The van der Waals surface area contributed by atoms with E-state index >= 15 is 0 Å². The number of carbonyl (C=O) groups is 2. The molecule has 9 heteroatoms. The third kappa shape index (κ3) is 8.00. The highest BCUT2D eigenvalue weighted by atomic mass is 19.4. The summed E-state index contributed by atoms with van der Waals surface area (Å²) in [7, 11) is 0. The summed E-state index contributed by atoms with van der Waals surface area (Å²) >= 11 is 0. The number of aromatic nitrogens is 1. The molecule has 0 unspecified atom stereocenters. The molecule has 3 aromatic rings. The lowest BCUT2D eigenvalue weighted by atomic mass is 10.1. The molecule has 0 radical (unpaired) electrons. The lowest BCUT2D eigenvalue weighted by Crippen LogP contribution is -2.47. The summed E-state index contributed by atoms with van der Waals surface area (Å²) in [6, 6.07) is 12.4. The van der Waals surface area contributed by atoms with E-state index in [1.807, 2.05) is 44.3 Å². The average Bonchev–Trinajstić information content (AvgIpc) is 3.29. The summed E-state index contributed by atoms with van der Waals surface area (Å²) in [5, 5.41) is 3.93. The summed E-state index contributed by atoms with van der Waals surface area (Å²) in [5.74, 6) is -0.251. The van der Waals surface area contributed by atoms with Gasteiger partial charge >= 0.3 is 12.2 Å². The van der Waals surface area contributed by atoms with Gasteiger partial charge in [-0.25, -0.2) is 4.79 Å². The first-order valence-electron chi connectivity index (χ1n) is 12.7. The molecule has 3 rings (SSSR count). The maximum absolute atomic E-state index is 13.4. The molecule has 0 spiro atoms. The van der Waals surface area contributed by atoms with Gasteiger partial charge in [-0.05, 0) is 48.6 Å². The van der Waals surface area contributed by atoms with Gasteiger partial charge in [-0.1, -0.05) is 50.6 Å². The van der Waals surface area contributed by atoms with Crippen molar-refractivity contribution >= 4 is 22.8 Å². The zero-order valence-corrected chi connectivity index (χ0v) is 21.4. The summed E-state index contributed by atoms with van der Waals surface area (Å²) in [4.78, 5) is 32.5. The number of benzene rings is 2. The van der Waals surface area contributed by atoms with E-state index in [2.05, 4.69) is 10.3 Å². The standard InChI is InChI=1S/C28H35F3N4O2/c1-3-5-15-32-27(37)35(16-4-2)20-26(36)34(19-21-10-12-23(13-11-21)28(29,30)31)17-14-22-18-33-25-9-7-6-8-24(22)25/h6-13,18,33H,3-5,14-17,19-20H2,1-2H3,(H,32,37). The molecule has 0 saturated heterocycles. The van der Waals surface area contributed by atoms with E-state index in [-0.39, 0.29) is 25.0 Å². The number of urea groups is 1. The monoisotopic (exact) mass is 516 g/mol.